The molecule has 0 radical (unpaired) electrons. The molecule has 2 heteroatoms. The van der Waals surface area contributed by atoms with Gasteiger partial charge in [-0.2, -0.15) is 0 Å². The summed E-state index contributed by atoms with van der Waals surface area (Å²) in [5, 5.41) is 9.77. The molecule has 0 aliphatic carbocycles. The molecule has 14 heavy (non-hydrogen) atoms. The van der Waals surface area contributed by atoms with Crippen LogP contribution in [0.4, 0.5) is 0 Å². The molecule has 0 saturated carbocycles. The molecule has 0 heterocycles. The first-order valence-corrected chi connectivity index (χ1v) is 5.97. The van der Waals surface area contributed by atoms with Crippen LogP contribution in [0.2, 0.25) is 0 Å². The largest absolute Gasteiger partial charge is 0.507 e. The van der Waals surface area contributed by atoms with Crippen molar-refractivity contribution < 1.29 is 5.11 Å². The number of rotatable bonds is 1. The average Bonchev–Trinajstić information content (AvgIpc) is 2.07. The zero-order valence-electron chi connectivity index (χ0n) is 9.51. The molecule has 78 valence electrons. The summed E-state index contributed by atoms with van der Waals surface area (Å²) in [6.07, 6.45) is 1.99. The van der Waals surface area contributed by atoms with E-state index in [-0.39, 0.29) is 5.41 Å². The van der Waals surface area contributed by atoms with Crippen LogP contribution in [0.3, 0.4) is 0 Å². The number of phenolic OH excluding ortho intramolecular Hbond substituents is 1. The second-order valence-corrected chi connectivity index (χ2v) is 5.44. The Labute approximate surface area is 90.5 Å². The van der Waals surface area contributed by atoms with Gasteiger partial charge in [-0.1, -0.05) is 26.8 Å². The van der Waals surface area contributed by atoms with Crippen molar-refractivity contribution in [2.75, 3.05) is 6.26 Å². The minimum atomic E-state index is 0.142. The Balaban J connectivity index is 3.30. The maximum absolute atomic E-state index is 9.77. The van der Waals surface area contributed by atoms with Crippen molar-refractivity contribution in [2.45, 2.75) is 38.0 Å². The quantitative estimate of drug-likeness (QED) is 0.713. The molecule has 1 aromatic rings. The molecule has 1 aromatic carbocycles. The van der Waals surface area contributed by atoms with Crippen LogP contribution in [0, 0.1) is 6.92 Å². The molecule has 0 aliphatic rings. The second-order valence-electron chi connectivity index (χ2n) is 4.59. The van der Waals surface area contributed by atoms with E-state index in [2.05, 4.69) is 32.9 Å². The number of aryl methyl sites for hydroxylation is 1. The van der Waals surface area contributed by atoms with Gasteiger partial charge in [-0.25, -0.2) is 0 Å². The number of aromatic hydroxyl groups is 1. The number of hydrogen-bond donors (Lipinski definition) is 1. The SMILES string of the molecule is CSc1cc(C(C)(C)C)cc(C)c1O. The van der Waals surface area contributed by atoms with Gasteiger partial charge in [-0.3, -0.25) is 0 Å². The molecule has 0 saturated heterocycles. The van der Waals surface area contributed by atoms with E-state index in [4.69, 9.17) is 0 Å². The van der Waals surface area contributed by atoms with Crippen LogP contribution in [-0.4, -0.2) is 11.4 Å². The summed E-state index contributed by atoms with van der Waals surface area (Å²) in [6, 6.07) is 4.14. The fourth-order valence-electron chi connectivity index (χ4n) is 1.34. The first-order chi connectivity index (χ1) is 6.36. The first kappa shape index (κ1) is 11.4. The van der Waals surface area contributed by atoms with E-state index in [1.54, 1.807) is 11.8 Å². The highest BCUT2D eigenvalue weighted by Gasteiger charge is 2.16. The van der Waals surface area contributed by atoms with E-state index in [0.717, 1.165) is 10.5 Å². The minimum absolute atomic E-state index is 0.142. The Hall–Kier alpha value is -0.630. The maximum atomic E-state index is 9.77. The highest BCUT2D eigenvalue weighted by Crippen LogP contribution is 2.35. The number of hydrogen-bond acceptors (Lipinski definition) is 2. The molecule has 0 atom stereocenters. The molecule has 0 unspecified atom stereocenters. The van der Waals surface area contributed by atoms with E-state index in [0.29, 0.717) is 5.75 Å². The Morgan fingerprint density at radius 2 is 1.79 bits per heavy atom. The lowest BCUT2D eigenvalue weighted by molar-refractivity contribution is 0.456. The maximum Gasteiger partial charge on any atom is 0.132 e. The lowest BCUT2D eigenvalue weighted by Crippen LogP contribution is -2.11. The normalized spacial score (nSPS) is 11.8. The summed E-state index contributed by atoms with van der Waals surface area (Å²) >= 11 is 1.59. The fourth-order valence-corrected chi connectivity index (χ4v) is 1.93. The Bertz CT molecular complexity index is 337. The van der Waals surface area contributed by atoms with Crippen molar-refractivity contribution in [1.82, 2.24) is 0 Å². The molecule has 0 spiro atoms. The lowest BCUT2D eigenvalue weighted by atomic mass is 9.86. The summed E-state index contributed by atoms with van der Waals surface area (Å²) in [6.45, 7) is 8.50. The number of phenols is 1. The van der Waals surface area contributed by atoms with Gasteiger partial charge in [0.1, 0.15) is 5.75 Å². The third-order valence-corrected chi connectivity index (χ3v) is 3.10. The van der Waals surface area contributed by atoms with Crippen molar-refractivity contribution in [1.29, 1.82) is 0 Å². The third-order valence-electron chi connectivity index (χ3n) is 2.35. The van der Waals surface area contributed by atoms with Gasteiger partial charge in [0, 0.05) is 4.90 Å². The third kappa shape index (κ3) is 2.24. The first-order valence-electron chi connectivity index (χ1n) is 4.74. The fraction of sp³-hybridized carbons (Fsp3) is 0.500. The van der Waals surface area contributed by atoms with Gasteiger partial charge in [-0.15, -0.1) is 11.8 Å². The second kappa shape index (κ2) is 3.85. The average molecular weight is 210 g/mol. The Morgan fingerprint density at radius 1 is 1.21 bits per heavy atom. The summed E-state index contributed by atoms with van der Waals surface area (Å²) in [5.41, 5.74) is 2.38. The van der Waals surface area contributed by atoms with E-state index in [1.807, 2.05) is 13.2 Å². The van der Waals surface area contributed by atoms with Gasteiger partial charge in [0.2, 0.25) is 0 Å². The summed E-state index contributed by atoms with van der Waals surface area (Å²) in [7, 11) is 0. The van der Waals surface area contributed by atoms with Gasteiger partial charge >= 0.3 is 0 Å². The molecule has 1 N–H and O–H groups in total. The van der Waals surface area contributed by atoms with Gasteiger partial charge in [0.05, 0.1) is 0 Å². The van der Waals surface area contributed by atoms with Crippen LogP contribution in [0.1, 0.15) is 31.9 Å². The van der Waals surface area contributed by atoms with E-state index in [9.17, 15) is 5.11 Å². The van der Waals surface area contributed by atoms with Crippen molar-refractivity contribution in [3.8, 4) is 5.75 Å². The minimum Gasteiger partial charge on any atom is -0.507 e. The molecular formula is C12H18OS. The zero-order chi connectivity index (χ0) is 10.9. The van der Waals surface area contributed by atoms with Crippen LogP contribution < -0.4 is 0 Å². The molecule has 0 bridgehead atoms. The molecular weight excluding hydrogens is 192 g/mol. The summed E-state index contributed by atoms with van der Waals surface area (Å²) < 4.78 is 0. The molecule has 1 nitrogen and oxygen atoms in total. The molecule has 1 rings (SSSR count). The summed E-state index contributed by atoms with van der Waals surface area (Å²) in [5.74, 6) is 0.422. The van der Waals surface area contributed by atoms with Crippen LogP contribution in [0.5, 0.6) is 5.75 Å². The van der Waals surface area contributed by atoms with Crippen LogP contribution in [0.15, 0.2) is 17.0 Å². The van der Waals surface area contributed by atoms with Gasteiger partial charge < -0.3 is 5.11 Å². The lowest BCUT2D eigenvalue weighted by Gasteiger charge is -2.21. The van der Waals surface area contributed by atoms with Crippen molar-refractivity contribution >= 4 is 11.8 Å². The van der Waals surface area contributed by atoms with Crippen LogP contribution >= 0.6 is 11.8 Å². The Kier molecular flexibility index (Phi) is 3.15. The van der Waals surface area contributed by atoms with Gasteiger partial charge in [0.25, 0.3) is 0 Å². The molecule has 0 fully saturated rings. The van der Waals surface area contributed by atoms with Crippen molar-refractivity contribution in [3.63, 3.8) is 0 Å². The molecule has 0 aliphatic heterocycles. The highest BCUT2D eigenvalue weighted by atomic mass is 32.2. The Morgan fingerprint density at radius 3 is 2.21 bits per heavy atom. The highest BCUT2D eigenvalue weighted by molar-refractivity contribution is 7.98. The predicted molar refractivity (Wildman–Crippen MR) is 63.3 cm³/mol. The molecule has 0 aromatic heterocycles. The molecule has 0 amide bonds. The smallest absolute Gasteiger partial charge is 0.132 e. The monoisotopic (exact) mass is 210 g/mol. The van der Waals surface area contributed by atoms with E-state index in [1.165, 1.54) is 5.56 Å². The van der Waals surface area contributed by atoms with Crippen LogP contribution in [-0.2, 0) is 5.41 Å². The zero-order valence-corrected chi connectivity index (χ0v) is 10.3. The van der Waals surface area contributed by atoms with Gasteiger partial charge in [-0.05, 0) is 35.8 Å². The van der Waals surface area contributed by atoms with E-state index < -0.39 is 0 Å². The van der Waals surface area contributed by atoms with Crippen molar-refractivity contribution in [3.05, 3.63) is 23.3 Å². The predicted octanol–water partition coefficient (Wildman–Crippen LogP) is 3.72. The summed E-state index contributed by atoms with van der Waals surface area (Å²) in [4.78, 5) is 0.968. The number of thioether (sulfide) groups is 1. The standard InChI is InChI=1S/C12H18OS/c1-8-6-9(12(2,3)4)7-10(14-5)11(8)13/h6-7,13H,1-5H3. The number of benzene rings is 1. The van der Waals surface area contributed by atoms with Gasteiger partial charge in [0.15, 0.2) is 0 Å². The van der Waals surface area contributed by atoms with Crippen LogP contribution in [0.25, 0.3) is 0 Å². The van der Waals surface area contributed by atoms with Crippen molar-refractivity contribution in [2.24, 2.45) is 0 Å². The van der Waals surface area contributed by atoms with E-state index >= 15 is 0 Å². The topological polar surface area (TPSA) is 20.2 Å².